The lowest BCUT2D eigenvalue weighted by Crippen LogP contribution is -1.83. The van der Waals surface area contributed by atoms with Gasteiger partial charge in [0.15, 0.2) is 0 Å². The van der Waals surface area contributed by atoms with Gasteiger partial charge in [0, 0.05) is 72.4 Å². The Bertz CT molecular complexity index is 734. The summed E-state index contributed by atoms with van der Waals surface area (Å²) in [5.74, 6) is 0. The zero-order valence-electron chi connectivity index (χ0n) is 18.0. The fraction of sp³-hybridized carbons (Fsp3) is 0.263. The molecule has 11 heteroatoms. The Morgan fingerprint density at radius 2 is 1.20 bits per heavy atom. The summed E-state index contributed by atoms with van der Waals surface area (Å²) >= 11 is 0. The van der Waals surface area contributed by atoms with E-state index in [2.05, 4.69) is 30.4 Å². The van der Waals surface area contributed by atoms with Gasteiger partial charge in [-0.25, -0.2) is 9.97 Å². The number of hydrogen-bond acceptors (Lipinski definition) is 6. The normalized spacial score (nSPS) is 8.83. The quantitative estimate of drug-likeness (QED) is 0.383. The lowest BCUT2D eigenvalue weighted by molar-refractivity contribution is 0.765. The van der Waals surface area contributed by atoms with E-state index in [1.54, 1.807) is 51.6 Å². The van der Waals surface area contributed by atoms with E-state index in [9.17, 15) is 0 Å². The standard InChI is InChI=1S/C5H7N.2C4H6N2.2C3H5N3/c1-6-4-2-3-5-6;1-6-3-2-5-4-6;1-6-4-2-3-5-6;1-6-2-4-5-3-6;1-6-3-4-2-5-6/h2-5H,1H3;2*2-4H,1H3;2*2-3H,1H3. The number of rotatable bonds is 0. The first-order chi connectivity index (χ1) is 14.5. The van der Waals surface area contributed by atoms with Crippen molar-refractivity contribution in [2.75, 3.05) is 0 Å². The lowest BCUT2D eigenvalue weighted by Gasteiger charge is -1.79. The molecule has 0 aliphatic heterocycles. The third-order valence-corrected chi connectivity index (χ3v) is 3.10. The fourth-order valence-electron chi connectivity index (χ4n) is 1.61. The largest absolute Gasteiger partial charge is 0.357 e. The van der Waals surface area contributed by atoms with E-state index in [-0.39, 0.29) is 0 Å². The van der Waals surface area contributed by atoms with E-state index >= 15 is 0 Å². The predicted molar refractivity (Wildman–Crippen MR) is 114 cm³/mol. The second-order valence-corrected chi connectivity index (χ2v) is 5.95. The van der Waals surface area contributed by atoms with Crippen molar-refractivity contribution in [3.05, 3.63) is 87.0 Å². The van der Waals surface area contributed by atoms with Crippen LogP contribution >= 0.6 is 0 Å². The Labute approximate surface area is 176 Å². The van der Waals surface area contributed by atoms with E-state index in [1.807, 2.05) is 87.4 Å². The van der Waals surface area contributed by atoms with Gasteiger partial charge in [0.2, 0.25) is 0 Å². The van der Waals surface area contributed by atoms with Crippen molar-refractivity contribution in [2.24, 2.45) is 35.2 Å². The molecule has 5 aromatic rings. The maximum absolute atomic E-state index is 3.83. The molecule has 0 aliphatic carbocycles. The molecule has 0 N–H and O–H groups in total. The molecule has 5 heterocycles. The van der Waals surface area contributed by atoms with E-state index in [0.29, 0.717) is 0 Å². The Morgan fingerprint density at radius 3 is 1.37 bits per heavy atom. The van der Waals surface area contributed by atoms with E-state index in [1.165, 1.54) is 6.33 Å². The third-order valence-electron chi connectivity index (χ3n) is 3.10. The molecule has 0 saturated heterocycles. The Kier molecular flexibility index (Phi) is 12.0. The van der Waals surface area contributed by atoms with Crippen molar-refractivity contribution < 1.29 is 0 Å². The Hall–Kier alpha value is -4.02. The average Bonchev–Trinajstić information content (AvgIpc) is 3.50. The smallest absolute Gasteiger partial charge is 0.137 e. The molecule has 0 unspecified atom stereocenters. The third kappa shape index (κ3) is 13.2. The van der Waals surface area contributed by atoms with Crippen LogP contribution in [0.15, 0.2) is 87.0 Å². The van der Waals surface area contributed by atoms with Crippen molar-refractivity contribution in [3.8, 4) is 0 Å². The first-order valence-electron chi connectivity index (χ1n) is 8.97. The van der Waals surface area contributed by atoms with Crippen LogP contribution in [0.2, 0.25) is 0 Å². The summed E-state index contributed by atoms with van der Waals surface area (Å²) in [6, 6.07) is 5.89. The van der Waals surface area contributed by atoms with Crippen molar-refractivity contribution in [2.45, 2.75) is 0 Å². The second-order valence-electron chi connectivity index (χ2n) is 5.95. The van der Waals surface area contributed by atoms with Gasteiger partial charge < -0.3 is 13.7 Å². The number of nitrogens with zero attached hydrogens (tertiary/aromatic N) is 11. The molecule has 0 bridgehead atoms. The zero-order chi connectivity index (χ0) is 22.0. The summed E-state index contributed by atoms with van der Waals surface area (Å²) in [7, 11) is 9.53. The molecule has 0 atom stereocenters. The monoisotopic (exact) mass is 411 g/mol. The molecule has 160 valence electrons. The van der Waals surface area contributed by atoms with E-state index in [4.69, 9.17) is 0 Å². The highest BCUT2D eigenvalue weighted by atomic mass is 15.3. The van der Waals surface area contributed by atoms with Crippen LogP contribution in [0.4, 0.5) is 0 Å². The number of aryl methyl sites for hydroxylation is 5. The molecule has 0 spiro atoms. The van der Waals surface area contributed by atoms with Crippen LogP contribution in [0.5, 0.6) is 0 Å². The molecule has 0 saturated carbocycles. The highest BCUT2D eigenvalue weighted by molar-refractivity contribution is 4.88. The molecule has 5 rings (SSSR count). The summed E-state index contributed by atoms with van der Waals surface area (Å²) in [5, 5.41) is 14.6. The molecule has 11 nitrogen and oxygen atoms in total. The van der Waals surface area contributed by atoms with Gasteiger partial charge in [-0.3, -0.25) is 9.36 Å². The Balaban J connectivity index is 0.000000187. The maximum Gasteiger partial charge on any atom is 0.137 e. The maximum atomic E-state index is 3.83. The van der Waals surface area contributed by atoms with Crippen LogP contribution in [0.1, 0.15) is 0 Å². The highest BCUT2D eigenvalue weighted by Gasteiger charge is 1.72. The minimum Gasteiger partial charge on any atom is -0.357 e. The number of imidazole rings is 1. The SMILES string of the molecule is Cn1cccc1.Cn1cccn1.Cn1ccnc1.Cn1cncn1.Cn1cnnc1. The molecule has 0 fully saturated rings. The highest BCUT2D eigenvalue weighted by Crippen LogP contribution is 1.80. The van der Waals surface area contributed by atoms with Gasteiger partial charge in [0.1, 0.15) is 25.3 Å². The van der Waals surface area contributed by atoms with E-state index in [0.717, 1.165) is 0 Å². The predicted octanol–water partition coefficient (Wildman–Crippen LogP) is 1.50. The molecule has 0 amide bonds. The first kappa shape index (κ1) is 24.0. The molecular formula is C19H29N11. The average molecular weight is 412 g/mol. The van der Waals surface area contributed by atoms with Crippen molar-refractivity contribution in [1.82, 2.24) is 53.4 Å². The van der Waals surface area contributed by atoms with Crippen LogP contribution < -0.4 is 0 Å². The van der Waals surface area contributed by atoms with Gasteiger partial charge in [0.25, 0.3) is 0 Å². The topological polar surface area (TPSA) is 102 Å². The summed E-state index contributed by atoms with van der Waals surface area (Å²) in [4.78, 5) is 7.46. The summed E-state index contributed by atoms with van der Waals surface area (Å²) < 4.78 is 9.06. The second kappa shape index (κ2) is 15.0. The van der Waals surface area contributed by atoms with Crippen LogP contribution in [-0.2, 0) is 35.2 Å². The summed E-state index contributed by atoms with van der Waals surface area (Å²) in [6.07, 6.45) is 19.4. The van der Waals surface area contributed by atoms with Crippen molar-refractivity contribution in [3.63, 3.8) is 0 Å². The first-order valence-corrected chi connectivity index (χ1v) is 8.97. The molecule has 0 aliphatic rings. The van der Waals surface area contributed by atoms with Crippen LogP contribution in [-0.4, -0.2) is 53.4 Å². The molecular weight excluding hydrogens is 382 g/mol. The lowest BCUT2D eigenvalue weighted by atomic mass is 10.7. The van der Waals surface area contributed by atoms with Crippen LogP contribution in [0, 0.1) is 0 Å². The molecule has 0 aromatic carbocycles. The number of aromatic nitrogens is 11. The summed E-state index contributed by atoms with van der Waals surface area (Å²) in [6.45, 7) is 0. The van der Waals surface area contributed by atoms with Gasteiger partial charge >= 0.3 is 0 Å². The van der Waals surface area contributed by atoms with Gasteiger partial charge in [-0.1, -0.05) is 0 Å². The Morgan fingerprint density at radius 1 is 0.500 bits per heavy atom. The summed E-state index contributed by atoms with van der Waals surface area (Å²) in [5.41, 5.74) is 0. The van der Waals surface area contributed by atoms with Crippen molar-refractivity contribution in [1.29, 1.82) is 0 Å². The van der Waals surface area contributed by atoms with Crippen LogP contribution in [0.3, 0.4) is 0 Å². The molecule has 0 radical (unpaired) electrons. The van der Waals surface area contributed by atoms with Gasteiger partial charge in [-0.05, 0) is 18.2 Å². The molecule has 30 heavy (non-hydrogen) atoms. The number of hydrogen-bond donors (Lipinski definition) is 0. The van der Waals surface area contributed by atoms with Crippen LogP contribution in [0.25, 0.3) is 0 Å². The fourth-order valence-corrected chi connectivity index (χ4v) is 1.61. The van der Waals surface area contributed by atoms with Gasteiger partial charge in [-0.15, -0.1) is 10.2 Å². The minimum absolute atomic E-state index is 1.50. The van der Waals surface area contributed by atoms with Crippen molar-refractivity contribution >= 4 is 0 Å². The van der Waals surface area contributed by atoms with Gasteiger partial charge in [0.05, 0.1) is 6.33 Å². The minimum atomic E-state index is 1.50. The van der Waals surface area contributed by atoms with Gasteiger partial charge in [-0.2, -0.15) is 10.2 Å². The molecule has 5 aromatic heterocycles. The zero-order valence-corrected chi connectivity index (χ0v) is 18.0. The van der Waals surface area contributed by atoms with E-state index < -0.39 is 0 Å².